The first-order chi connectivity index (χ1) is 11.5. The van der Waals surface area contributed by atoms with E-state index in [9.17, 15) is 10.1 Å². The van der Waals surface area contributed by atoms with Gasteiger partial charge in [0, 0.05) is 38.9 Å². The van der Waals surface area contributed by atoms with Crippen molar-refractivity contribution in [1.82, 2.24) is 9.80 Å². The Bertz CT molecular complexity index is 545. The SMILES string of the molecule is CNc1ccc(CN2CCC(N(C)CCCO)CC2)cc1[N+](=O)[O-]. The number of piperidine rings is 1. The van der Waals surface area contributed by atoms with Gasteiger partial charge in [-0.3, -0.25) is 15.0 Å². The van der Waals surface area contributed by atoms with E-state index in [-0.39, 0.29) is 17.2 Å². The van der Waals surface area contributed by atoms with Gasteiger partial charge in [0.2, 0.25) is 0 Å². The molecule has 24 heavy (non-hydrogen) atoms. The Hall–Kier alpha value is -1.70. The highest BCUT2D eigenvalue weighted by molar-refractivity contribution is 5.62. The van der Waals surface area contributed by atoms with Gasteiger partial charge in [-0.15, -0.1) is 0 Å². The number of benzene rings is 1. The maximum absolute atomic E-state index is 11.2. The Balaban J connectivity index is 1.90. The molecule has 0 spiro atoms. The van der Waals surface area contributed by atoms with Gasteiger partial charge in [-0.25, -0.2) is 0 Å². The van der Waals surface area contributed by atoms with Crippen LogP contribution in [0.1, 0.15) is 24.8 Å². The third-order valence-corrected chi connectivity index (χ3v) is 4.78. The zero-order valence-corrected chi connectivity index (χ0v) is 14.6. The summed E-state index contributed by atoms with van der Waals surface area (Å²) in [7, 11) is 3.82. The molecule has 2 N–H and O–H groups in total. The van der Waals surface area contributed by atoms with Gasteiger partial charge in [0.05, 0.1) is 4.92 Å². The molecule has 0 atom stereocenters. The zero-order chi connectivity index (χ0) is 17.5. The molecule has 0 radical (unpaired) electrons. The summed E-state index contributed by atoms with van der Waals surface area (Å²) < 4.78 is 0. The van der Waals surface area contributed by atoms with Crippen molar-refractivity contribution >= 4 is 11.4 Å². The van der Waals surface area contributed by atoms with Gasteiger partial charge in [0.15, 0.2) is 0 Å². The van der Waals surface area contributed by atoms with Crippen LogP contribution in [-0.2, 0) is 6.54 Å². The molecule has 1 heterocycles. The minimum absolute atomic E-state index is 0.133. The van der Waals surface area contributed by atoms with Crippen LogP contribution in [0.15, 0.2) is 18.2 Å². The molecule has 0 saturated carbocycles. The Morgan fingerprint density at radius 2 is 2.12 bits per heavy atom. The van der Waals surface area contributed by atoms with Crippen molar-refractivity contribution in [2.45, 2.75) is 31.8 Å². The lowest BCUT2D eigenvalue weighted by Crippen LogP contribution is -2.43. The summed E-state index contributed by atoms with van der Waals surface area (Å²) in [5.74, 6) is 0. The first kappa shape index (κ1) is 18.6. The number of rotatable bonds is 8. The van der Waals surface area contributed by atoms with Crippen molar-refractivity contribution in [3.63, 3.8) is 0 Å². The summed E-state index contributed by atoms with van der Waals surface area (Å²) in [5.41, 5.74) is 1.66. The summed E-state index contributed by atoms with van der Waals surface area (Å²) in [6.07, 6.45) is 3.01. The lowest BCUT2D eigenvalue weighted by Gasteiger charge is -2.36. The molecular formula is C17H28N4O3. The first-order valence-corrected chi connectivity index (χ1v) is 8.53. The average Bonchev–Trinajstić information content (AvgIpc) is 2.60. The van der Waals surface area contributed by atoms with Gasteiger partial charge < -0.3 is 15.3 Å². The fourth-order valence-electron chi connectivity index (χ4n) is 3.32. The number of aliphatic hydroxyl groups excluding tert-OH is 1. The van der Waals surface area contributed by atoms with Crippen LogP contribution >= 0.6 is 0 Å². The number of nitrogens with one attached hydrogen (secondary N) is 1. The Kier molecular flexibility index (Phi) is 6.96. The van der Waals surface area contributed by atoms with Crippen LogP contribution in [0, 0.1) is 10.1 Å². The molecule has 1 aliphatic heterocycles. The van der Waals surface area contributed by atoms with E-state index in [4.69, 9.17) is 5.11 Å². The Morgan fingerprint density at radius 3 is 2.71 bits per heavy atom. The Labute approximate surface area is 143 Å². The fraction of sp³-hybridized carbons (Fsp3) is 0.647. The molecule has 7 nitrogen and oxygen atoms in total. The van der Waals surface area contributed by atoms with Gasteiger partial charge in [0.25, 0.3) is 5.69 Å². The van der Waals surface area contributed by atoms with Crippen molar-refractivity contribution in [3.8, 4) is 0 Å². The number of aliphatic hydroxyl groups is 1. The van der Waals surface area contributed by atoms with Crippen molar-refractivity contribution < 1.29 is 10.0 Å². The molecule has 0 bridgehead atoms. The topological polar surface area (TPSA) is 81.9 Å². The van der Waals surface area contributed by atoms with Crippen LogP contribution in [0.5, 0.6) is 0 Å². The minimum atomic E-state index is -0.336. The van der Waals surface area contributed by atoms with E-state index < -0.39 is 0 Å². The summed E-state index contributed by atoms with van der Waals surface area (Å²) in [4.78, 5) is 15.5. The second-order valence-corrected chi connectivity index (χ2v) is 6.42. The quantitative estimate of drug-likeness (QED) is 0.557. The van der Waals surface area contributed by atoms with E-state index >= 15 is 0 Å². The van der Waals surface area contributed by atoms with Crippen LogP contribution in [0.2, 0.25) is 0 Å². The van der Waals surface area contributed by atoms with Crippen molar-refractivity contribution in [3.05, 3.63) is 33.9 Å². The molecule has 0 unspecified atom stereocenters. The zero-order valence-electron chi connectivity index (χ0n) is 14.6. The van der Waals surface area contributed by atoms with Crippen molar-refractivity contribution in [2.75, 3.05) is 45.7 Å². The van der Waals surface area contributed by atoms with Crippen molar-refractivity contribution in [1.29, 1.82) is 0 Å². The number of nitro groups is 1. The van der Waals surface area contributed by atoms with Crippen molar-refractivity contribution in [2.24, 2.45) is 0 Å². The molecule has 1 fully saturated rings. The van der Waals surface area contributed by atoms with Crippen LogP contribution in [-0.4, -0.2) is 66.2 Å². The van der Waals surface area contributed by atoms with E-state index in [2.05, 4.69) is 22.2 Å². The lowest BCUT2D eigenvalue weighted by atomic mass is 10.0. The molecule has 134 valence electrons. The second-order valence-electron chi connectivity index (χ2n) is 6.42. The predicted octanol–water partition coefficient (Wildman–Crippen LogP) is 1.92. The van der Waals surface area contributed by atoms with Crippen LogP contribution < -0.4 is 5.32 Å². The first-order valence-electron chi connectivity index (χ1n) is 8.53. The largest absolute Gasteiger partial charge is 0.396 e. The van der Waals surface area contributed by atoms with Crippen LogP contribution in [0.25, 0.3) is 0 Å². The summed E-state index contributed by atoms with van der Waals surface area (Å²) in [6, 6.07) is 5.97. The second kappa shape index (κ2) is 8.96. The highest BCUT2D eigenvalue weighted by Gasteiger charge is 2.23. The molecule has 7 heteroatoms. The van der Waals surface area contributed by atoms with Gasteiger partial charge in [-0.1, -0.05) is 6.07 Å². The third kappa shape index (κ3) is 4.90. The Morgan fingerprint density at radius 1 is 1.42 bits per heavy atom. The molecule has 0 aromatic heterocycles. The number of nitro benzene ring substituents is 1. The third-order valence-electron chi connectivity index (χ3n) is 4.78. The molecule has 0 amide bonds. The number of likely N-dealkylation sites (tertiary alicyclic amines) is 1. The highest BCUT2D eigenvalue weighted by atomic mass is 16.6. The molecule has 2 rings (SSSR count). The monoisotopic (exact) mass is 336 g/mol. The molecule has 1 aromatic carbocycles. The van der Waals surface area contributed by atoms with E-state index in [1.807, 2.05) is 6.07 Å². The smallest absolute Gasteiger partial charge is 0.292 e. The van der Waals surface area contributed by atoms with E-state index in [1.165, 1.54) is 0 Å². The normalized spacial score (nSPS) is 16.5. The summed E-state index contributed by atoms with van der Waals surface area (Å²) >= 11 is 0. The van der Waals surface area contributed by atoms with E-state index in [1.54, 1.807) is 19.2 Å². The molecule has 1 aliphatic rings. The number of hydrogen-bond donors (Lipinski definition) is 2. The van der Waals surface area contributed by atoms with E-state index in [0.29, 0.717) is 11.7 Å². The van der Waals surface area contributed by atoms with E-state index in [0.717, 1.165) is 51.0 Å². The minimum Gasteiger partial charge on any atom is -0.396 e. The van der Waals surface area contributed by atoms with Gasteiger partial charge in [-0.05, 0) is 51.0 Å². The predicted molar refractivity (Wildman–Crippen MR) is 95.3 cm³/mol. The van der Waals surface area contributed by atoms with Crippen LogP contribution in [0.3, 0.4) is 0 Å². The number of nitrogens with zero attached hydrogens (tertiary/aromatic N) is 3. The van der Waals surface area contributed by atoms with Gasteiger partial charge in [0.1, 0.15) is 5.69 Å². The molecule has 1 aromatic rings. The maximum Gasteiger partial charge on any atom is 0.292 e. The number of anilines is 1. The lowest BCUT2D eigenvalue weighted by molar-refractivity contribution is -0.384. The standard InChI is InChI=1S/C17H28N4O3/c1-18-16-5-4-14(12-17(16)21(23)24)13-20-9-6-15(7-10-20)19(2)8-3-11-22/h4-5,12,15,18,22H,3,6-11,13H2,1-2H3. The number of hydrogen-bond acceptors (Lipinski definition) is 6. The highest BCUT2D eigenvalue weighted by Crippen LogP contribution is 2.26. The molecular weight excluding hydrogens is 308 g/mol. The summed E-state index contributed by atoms with van der Waals surface area (Å²) in [5, 5.41) is 23.0. The van der Waals surface area contributed by atoms with Gasteiger partial charge in [-0.2, -0.15) is 0 Å². The van der Waals surface area contributed by atoms with Crippen LogP contribution in [0.4, 0.5) is 11.4 Å². The molecule has 0 aliphatic carbocycles. The van der Waals surface area contributed by atoms with Gasteiger partial charge >= 0.3 is 0 Å². The fourth-order valence-corrected chi connectivity index (χ4v) is 3.32. The molecule has 1 saturated heterocycles. The maximum atomic E-state index is 11.2. The average molecular weight is 336 g/mol. The summed E-state index contributed by atoms with van der Waals surface area (Å²) in [6.45, 7) is 3.91.